The van der Waals surface area contributed by atoms with Gasteiger partial charge < -0.3 is 20.5 Å². The average Bonchev–Trinajstić information content (AvgIpc) is 3.67. The third kappa shape index (κ3) is 9.52. The maximum absolute atomic E-state index is 11.6. The van der Waals surface area contributed by atoms with Crippen molar-refractivity contribution < 1.29 is 19.4 Å². The summed E-state index contributed by atoms with van der Waals surface area (Å²) in [6.07, 6.45) is 7.05. The Morgan fingerprint density at radius 3 is 1.87 bits per heavy atom. The quantitative estimate of drug-likeness (QED) is 0.151. The highest BCUT2D eigenvalue weighted by atomic mass is 35.5. The van der Waals surface area contributed by atoms with Crippen molar-refractivity contribution in [1.82, 2.24) is 30.6 Å². The number of carbonyl (C=O) groups excluding carboxylic acids is 2. The zero-order valence-electron chi connectivity index (χ0n) is 24.4. The number of hydrogen-bond acceptors (Lipinski definition) is 12. The number of phenols is 1. The molecule has 0 unspecified atom stereocenters. The highest BCUT2D eigenvalue weighted by molar-refractivity contribution is 8.00. The summed E-state index contributed by atoms with van der Waals surface area (Å²) in [6, 6.07) is 17.5. The van der Waals surface area contributed by atoms with Crippen LogP contribution in [0.3, 0.4) is 0 Å². The lowest BCUT2D eigenvalue weighted by atomic mass is 10.3. The molecule has 10 nitrogen and oxygen atoms in total. The lowest BCUT2D eigenvalue weighted by molar-refractivity contribution is 0.0950. The summed E-state index contributed by atoms with van der Waals surface area (Å²) in [5.74, 6) is 1.11. The standard InChI is InChI=1S/C15H13N3O2S2.C8H7NOS2.C7H7ClN2O/c1-16-14(19)12-7-10(5-6-17-12)20-9-3-4-11-13(8-9)22-15(18-11)21-2;1-11-8-9-6-3-2-5(10)4-7(6)12-8;1-9-7(11)6-4-5(8)2-3-10-6/h3-8H,1-2H3,(H,16,19);2-4,10H,1H3;2-4H,1H3,(H,9,11). The van der Waals surface area contributed by atoms with Crippen molar-refractivity contribution >= 4 is 90.0 Å². The molecule has 0 aliphatic carbocycles. The number of fused-ring (bicyclic) bond motifs is 2. The number of carbonyl (C=O) groups is 2. The van der Waals surface area contributed by atoms with Gasteiger partial charge >= 0.3 is 0 Å². The first-order valence-electron chi connectivity index (χ1n) is 13.0. The minimum absolute atomic E-state index is 0.229. The van der Waals surface area contributed by atoms with Crippen LogP contribution < -0.4 is 15.4 Å². The van der Waals surface area contributed by atoms with Crippen molar-refractivity contribution in [3.63, 3.8) is 0 Å². The molecule has 3 N–H and O–H groups in total. The molecule has 6 rings (SSSR count). The molecule has 4 heterocycles. The molecule has 0 radical (unpaired) electrons. The lowest BCUT2D eigenvalue weighted by Crippen LogP contribution is -2.18. The number of thioether (sulfide) groups is 2. The highest BCUT2D eigenvalue weighted by Crippen LogP contribution is 2.32. The molecule has 4 aromatic heterocycles. The van der Waals surface area contributed by atoms with Crippen LogP contribution in [0.15, 0.2) is 81.7 Å². The molecule has 0 spiro atoms. The Labute approximate surface area is 280 Å². The summed E-state index contributed by atoms with van der Waals surface area (Å²) in [6.45, 7) is 0. The zero-order chi connectivity index (χ0) is 32.3. The number of aromatic nitrogens is 4. The van der Waals surface area contributed by atoms with E-state index in [2.05, 4.69) is 30.6 Å². The van der Waals surface area contributed by atoms with E-state index in [4.69, 9.17) is 16.3 Å². The van der Waals surface area contributed by atoms with E-state index in [9.17, 15) is 14.7 Å². The predicted octanol–water partition coefficient (Wildman–Crippen LogP) is 7.38. The topological polar surface area (TPSA) is 139 Å². The van der Waals surface area contributed by atoms with Crippen molar-refractivity contribution in [3.8, 4) is 17.2 Å². The lowest BCUT2D eigenvalue weighted by Gasteiger charge is -2.06. The third-order valence-electron chi connectivity index (χ3n) is 5.65. The second kappa shape index (κ2) is 16.4. The van der Waals surface area contributed by atoms with Gasteiger partial charge in [0, 0.05) is 43.6 Å². The minimum Gasteiger partial charge on any atom is -0.508 e. The van der Waals surface area contributed by atoms with Crippen LogP contribution in [-0.4, -0.2) is 63.5 Å². The Kier molecular flexibility index (Phi) is 12.4. The van der Waals surface area contributed by atoms with E-state index in [0.717, 1.165) is 29.1 Å². The number of aromatic hydroxyl groups is 1. The number of phenolic OH excluding ortho intramolecular Hbond substituents is 1. The number of rotatable bonds is 6. The van der Waals surface area contributed by atoms with Crippen molar-refractivity contribution in [3.05, 3.63) is 89.5 Å². The molecule has 232 valence electrons. The fraction of sp³-hybridized carbons (Fsp3) is 0.133. The van der Waals surface area contributed by atoms with Crippen LogP contribution in [0.25, 0.3) is 20.4 Å². The molecule has 45 heavy (non-hydrogen) atoms. The number of hydrogen-bond donors (Lipinski definition) is 3. The Bertz CT molecular complexity index is 1930. The van der Waals surface area contributed by atoms with E-state index in [1.54, 1.807) is 96.8 Å². The number of amides is 2. The average molecular weight is 699 g/mol. The van der Waals surface area contributed by atoms with Gasteiger partial charge in [-0.1, -0.05) is 35.1 Å². The van der Waals surface area contributed by atoms with Crippen LogP contribution in [-0.2, 0) is 0 Å². The first-order valence-corrected chi connectivity index (χ1v) is 17.5. The normalized spacial score (nSPS) is 10.3. The number of pyridine rings is 2. The summed E-state index contributed by atoms with van der Waals surface area (Å²) in [5, 5.41) is 14.7. The van der Waals surface area contributed by atoms with Gasteiger partial charge in [0.05, 0.1) is 20.4 Å². The van der Waals surface area contributed by atoms with Gasteiger partial charge in [-0.25, -0.2) is 9.97 Å². The molecule has 2 aromatic carbocycles. The number of benzene rings is 2. The number of ether oxygens (including phenoxy) is 1. The zero-order valence-corrected chi connectivity index (χ0v) is 28.4. The third-order valence-corrected chi connectivity index (χ3v) is 9.89. The van der Waals surface area contributed by atoms with Crippen molar-refractivity contribution in [2.24, 2.45) is 0 Å². The number of halogens is 1. The summed E-state index contributed by atoms with van der Waals surface area (Å²) in [4.78, 5) is 39.2. The minimum atomic E-state index is -0.243. The molecule has 0 aliphatic heterocycles. The largest absolute Gasteiger partial charge is 0.508 e. The van der Waals surface area contributed by atoms with Gasteiger partial charge in [0.15, 0.2) is 8.68 Å². The molecule has 0 atom stereocenters. The van der Waals surface area contributed by atoms with Gasteiger partial charge in [-0.05, 0) is 61.0 Å². The van der Waals surface area contributed by atoms with Crippen molar-refractivity contribution in [1.29, 1.82) is 0 Å². The Balaban J connectivity index is 0.000000169. The second-order valence-corrected chi connectivity index (χ2v) is 13.3. The van der Waals surface area contributed by atoms with Gasteiger partial charge in [0.25, 0.3) is 11.8 Å². The van der Waals surface area contributed by atoms with E-state index in [1.165, 1.54) is 12.3 Å². The van der Waals surface area contributed by atoms with Crippen LogP contribution in [0.4, 0.5) is 0 Å². The van der Waals surface area contributed by atoms with Crippen molar-refractivity contribution in [2.45, 2.75) is 8.68 Å². The number of thiazole rings is 2. The summed E-state index contributed by atoms with van der Waals surface area (Å²) < 4.78 is 9.99. The fourth-order valence-corrected chi connectivity index (χ4v) is 6.73. The van der Waals surface area contributed by atoms with Crippen LogP contribution >= 0.6 is 57.8 Å². The van der Waals surface area contributed by atoms with Crippen LogP contribution in [0.2, 0.25) is 5.02 Å². The van der Waals surface area contributed by atoms with Gasteiger partial charge in [-0.15, -0.1) is 22.7 Å². The van der Waals surface area contributed by atoms with Gasteiger partial charge in [-0.2, -0.15) is 0 Å². The molecule has 0 saturated heterocycles. The number of nitrogens with one attached hydrogen (secondary N) is 2. The molecule has 0 fully saturated rings. The smallest absolute Gasteiger partial charge is 0.269 e. The molecule has 0 saturated carbocycles. The van der Waals surface area contributed by atoms with Gasteiger partial charge in [0.1, 0.15) is 28.6 Å². The van der Waals surface area contributed by atoms with Crippen LogP contribution in [0.1, 0.15) is 21.0 Å². The van der Waals surface area contributed by atoms with Crippen LogP contribution in [0, 0.1) is 0 Å². The Hall–Kier alpha value is -3.95. The van der Waals surface area contributed by atoms with E-state index >= 15 is 0 Å². The van der Waals surface area contributed by atoms with Gasteiger partial charge in [-0.3, -0.25) is 19.6 Å². The van der Waals surface area contributed by atoms with Gasteiger partial charge in [0.2, 0.25) is 0 Å². The maximum Gasteiger partial charge on any atom is 0.269 e. The molecular weight excluding hydrogens is 672 g/mol. The second-order valence-electron chi connectivity index (χ2n) is 8.65. The molecule has 15 heteroatoms. The predicted molar refractivity (Wildman–Crippen MR) is 185 cm³/mol. The van der Waals surface area contributed by atoms with E-state index < -0.39 is 0 Å². The highest BCUT2D eigenvalue weighted by Gasteiger charge is 2.09. The van der Waals surface area contributed by atoms with E-state index in [-0.39, 0.29) is 11.8 Å². The van der Waals surface area contributed by atoms with Crippen LogP contribution in [0.5, 0.6) is 17.2 Å². The number of nitrogens with zero attached hydrogens (tertiary/aromatic N) is 4. The molecule has 0 bridgehead atoms. The first-order chi connectivity index (χ1) is 21.7. The maximum atomic E-state index is 11.6. The fourth-order valence-electron chi connectivity index (χ4n) is 3.53. The molecular formula is C30H27ClN6O4S4. The SMILES string of the molecule is CNC(=O)c1cc(Cl)ccn1.CNC(=O)c1cc(Oc2ccc3nc(SC)sc3c2)ccn1.CSc1nc2ccc(O)cc2s1. The van der Waals surface area contributed by atoms with E-state index in [0.29, 0.717) is 33.7 Å². The summed E-state index contributed by atoms with van der Waals surface area (Å²) in [7, 11) is 3.11. The van der Waals surface area contributed by atoms with E-state index in [1.807, 2.05) is 36.8 Å². The summed E-state index contributed by atoms with van der Waals surface area (Å²) >= 11 is 12.1. The van der Waals surface area contributed by atoms with Crippen molar-refractivity contribution in [2.75, 3.05) is 26.6 Å². The first kappa shape index (κ1) is 33.9. The Morgan fingerprint density at radius 1 is 0.756 bits per heavy atom. The Morgan fingerprint density at radius 2 is 1.29 bits per heavy atom. The molecule has 6 aromatic rings. The monoisotopic (exact) mass is 698 g/mol. The summed E-state index contributed by atoms with van der Waals surface area (Å²) in [5.41, 5.74) is 2.58. The molecule has 2 amide bonds. The molecule has 0 aliphatic rings.